The Morgan fingerprint density at radius 2 is 1.31 bits per heavy atom. The monoisotopic (exact) mass is 793 g/mol. The number of nitrogens with two attached hydrogens (primary N) is 1. The average Bonchev–Trinajstić information content (AvgIpc) is 3.23. The van der Waals surface area contributed by atoms with Gasteiger partial charge in [0.05, 0.1) is 13.2 Å². The summed E-state index contributed by atoms with van der Waals surface area (Å²) in [6.45, 7) is 1.96. The third-order valence-corrected chi connectivity index (χ3v) is 11.1. The molecule has 0 radical (unpaired) electrons. The molecular formula is C38H47N15O5. The van der Waals surface area contributed by atoms with Crippen molar-refractivity contribution in [2.45, 2.75) is 81.8 Å². The number of hydrogen-bond donors (Lipinski definition) is 8. The van der Waals surface area contributed by atoms with Crippen LogP contribution in [-0.2, 0) is 4.74 Å². The molecule has 5 unspecified atom stereocenters. The van der Waals surface area contributed by atoms with E-state index in [-0.39, 0.29) is 84.4 Å². The normalized spacial score (nSPS) is 24.2. The molecular weight excluding hydrogens is 747 g/mol. The molecule has 0 spiro atoms. The van der Waals surface area contributed by atoms with Gasteiger partial charge in [-0.05, 0) is 56.0 Å². The van der Waals surface area contributed by atoms with Gasteiger partial charge < -0.3 is 56.7 Å². The van der Waals surface area contributed by atoms with Crippen molar-refractivity contribution in [3.05, 3.63) is 53.9 Å². The van der Waals surface area contributed by atoms with Crippen molar-refractivity contribution in [3.63, 3.8) is 0 Å². The molecule has 2 amide bonds. The molecule has 5 aliphatic rings. The Bertz CT molecular complexity index is 2110. The molecule has 5 atom stereocenters. The highest BCUT2D eigenvalue weighted by Crippen LogP contribution is 2.33. The van der Waals surface area contributed by atoms with Crippen molar-refractivity contribution < 1.29 is 23.8 Å². The van der Waals surface area contributed by atoms with Gasteiger partial charge in [0.15, 0.2) is 25.1 Å². The molecule has 2 aliphatic carbocycles. The van der Waals surface area contributed by atoms with Crippen molar-refractivity contribution in [1.29, 1.82) is 0 Å². The van der Waals surface area contributed by atoms with E-state index in [0.29, 0.717) is 36.8 Å². The molecule has 20 nitrogen and oxygen atoms in total. The summed E-state index contributed by atoms with van der Waals surface area (Å²) in [6, 6.07) is 9.82. The maximum absolute atomic E-state index is 12.9. The third kappa shape index (κ3) is 8.29. The zero-order valence-electron chi connectivity index (χ0n) is 31.9. The number of amides is 2. The van der Waals surface area contributed by atoms with Crippen LogP contribution in [0.3, 0.4) is 0 Å². The first-order valence-electron chi connectivity index (χ1n) is 19.9. The van der Waals surface area contributed by atoms with E-state index in [0.717, 1.165) is 69.3 Å². The minimum absolute atomic E-state index is 0.00184. The van der Waals surface area contributed by atoms with Gasteiger partial charge >= 0.3 is 0 Å². The lowest BCUT2D eigenvalue weighted by molar-refractivity contribution is 0.00606. The fraction of sp³-hybridized carbons (Fsp3) is 0.474. The summed E-state index contributed by atoms with van der Waals surface area (Å²) >= 11 is 0. The minimum Gasteiger partial charge on any atom is -0.456 e. The predicted octanol–water partition coefficient (Wildman–Crippen LogP) is 2.56. The second-order valence-electron chi connectivity index (χ2n) is 14.9. The van der Waals surface area contributed by atoms with Crippen LogP contribution in [0.4, 0.5) is 40.9 Å². The molecule has 3 aliphatic heterocycles. The molecule has 2 saturated carbocycles. The Balaban J connectivity index is 0.863. The first kappa shape index (κ1) is 37.5. The van der Waals surface area contributed by atoms with Crippen LogP contribution in [0, 0.1) is 0 Å². The molecule has 3 aromatic heterocycles. The van der Waals surface area contributed by atoms with E-state index in [2.05, 4.69) is 67.0 Å². The highest BCUT2D eigenvalue weighted by molar-refractivity contribution is 6.03. The summed E-state index contributed by atoms with van der Waals surface area (Å²) in [6.07, 6.45) is 11.0. The Morgan fingerprint density at radius 1 is 0.707 bits per heavy atom. The second-order valence-corrected chi connectivity index (χ2v) is 14.9. The Kier molecular flexibility index (Phi) is 10.8. The van der Waals surface area contributed by atoms with Crippen LogP contribution in [0.15, 0.2) is 42.7 Å². The van der Waals surface area contributed by atoms with E-state index >= 15 is 0 Å². The lowest BCUT2D eigenvalue weighted by atomic mass is 9.90. The molecule has 1 saturated heterocycles. The van der Waals surface area contributed by atoms with E-state index in [1.54, 1.807) is 18.5 Å². The lowest BCUT2D eigenvalue weighted by Gasteiger charge is -2.40. The number of nitrogens with one attached hydrogen (secondary N) is 7. The van der Waals surface area contributed by atoms with Gasteiger partial charge in [0.25, 0.3) is 11.8 Å². The molecule has 4 aromatic rings. The fourth-order valence-corrected chi connectivity index (χ4v) is 8.08. The molecule has 304 valence electrons. The minimum atomic E-state index is -0.344. The molecule has 3 fully saturated rings. The van der Waals surface area contributed by atoms with E-state index in [9.17, 15) is 9.59 Å². The smallest absolute Gasteiger partial charge is 0.263 e. The maximum Gasteiger partial charge on any atom is 0.263 e. The number of rotatable bonds is 11. The van der Waals surface area contributed by atoms with Gasteiger partial charge in [-0.15, -0.1) is 0 Å². The number of carbonyl (C=O) groups is 2. The Labute approximate surface area is 334 Å². The number of morpholine rings is 1. The number of aromatic nitrogens is 6. The number of carbonyl (C=O) groups excluding carboxylic acids is 2. The number of nitrogens with zero attached hydrogens (tertiary/aromatic N) is 7. The fourth-order valence-electron chi connectivity index (χ4n) is 8.08. The van der Waals surface area contributed by atoms with Crippen LogP contribution in [0.2, 0.25) is 0 Å². The van der Waals surface area contributed by atoms with Gasteiger partial charge in [-0.25, -0.2) is 9.97 Å². The largest absolute Gasteiger partial charge is 0.456 e. The summed E-state index contributed by atoms with van der Waals surface area (Å²) in [7, 11) is 0. The van der Waals surface area contributed by atoms with Crippen LogP contribution in [-0.4, -0.2) is 105 Å². The SMILES string of the molecule is NC1CCCCC1Nc1nc(Nc2ccc(N3CCOC(NC4CCCCC4Nc4nc(Nc5ncccn5)c5c(n4)OCNC5=O)C3)cc2)c2c(n1)OCNC2=O. The maximum atomic E-state index is 12.9. The van der Waals surface area contributed by atoms with Gasteiger partial charge in [0, 0.05) is 54.5 Å². The zero-order valence-corrected chi connectivity index (χ0v) is 31.9. The van der Waals surface area contributed by atoms with Crippen molar-refractivity contribution in [2.24, 2.45) is 5.73 Å². The number of benzene rings is 1. The molecule has 20 heteroatoms. The van der Waals surface area contributed by atoms with Crippen molar-refractivity contribution in [2.75, 3.05) is 59.3 Å². The van der Waals surface area contributed by atoms with Crippen LogP contribution >= 0.6 is 0 Å². The van der Waals surface area contributed by atoms with Gasteiger partial charge in [0.2, 0.25) is 29.6 Å². The predicted molar refractivity (Wildman–Crippen MR) is 214 cm³/mol. The highest BCUT2D eigenvalue weighted by Gasteiger charge is 2.33. The molecule has 58 heavy (non-hydrogen) atoms. The average molecular weight is 794 g/mol. The summed E-state index contributed by atoms with van der Waals surface area (Å²) in [5.41, 5.74) is 8.63. The van der Waals surface area contributed by atoms with Crippen LogP contribution in [0.25, 0.3) is 0 Å². The second kappa shape index (κ2) is 16.8. The Hall–Kier alpha value is -6.12. The Morgan fingerprint density at radius 3 is 1.98 bits per heavy atom. The van der Waals surface area contributed by atoms with Gasteiger partial charge in [0.1, 0.15) is 17.4 Å². The summed E-state index contributed by atoms with van der Waals surface area (Å²) in [5, 5.41) is 22.4. The summed E-state index contributed by atoms with van der Waals surface area (Å²) in [4.78, 5) is 54.9. The third-order valence-electron chi connectivity index (χ3n) is 11.1. The molecule has 1 aromatic carbocycles. The number of anilines is 7. The molecule has 6 heterocycles. The molecule has 9 rings (SSSR count). The summed E-state index contributed by atoms with van der Waals surface area (Å²) in [5.74, 6) is 1.37. The van der Waals surface area contributed by atoms with Gasteiger partial charge in [-0.1, -0.05) is 25.7 Å². The number of fused-ring (bicyclic) bond motifs is 2. The van der Waals surface area contributed by atoms with E-state index in [1.165, 1.54) is 0 Å². The summed E-state index contributed by atoms with van der Waals surface area (Å²) < 4.78 is 17.7. The topological polar surface area (TPSA) is 253 Å². The van der Waals surface area contributed by atoms with Gasteiger partial charge in [-0.2, -0.15) is 19.9 Å². The van der Waals surface area contributed by atoms with Crippen molar-refractivity contribution in [1.82, 2.24) is 45.9 Å². The quantitative estimate of drug-likeness (QED) is 0.109. The highest BCUT2D eigenvalue weighted by atomic mass is 16.5. The van der Waals surface area contributed by atoms with E-state index in [1.807, 2.05) is 24.3 Å². The molecule has 9 N–H and O–H groups in total. The number of ether oxygens (including phenoxy) is 3. The lowest BCUT2D eigenvalue weighted by Crippen LogP contribution is -2.56. The first-order valence-corrected chi connectivity index (χ1v) is 19.9. The molecule has 0 bridgehead atoms. The van der Waals surface area contributed by atoms with Crippen molar-refractivity contribution in [3.8, 4) is 11.8 Å². The van der Waals surface area contributed by atoms with E-state index in [4.69, 9.17) is 24.9 Å². The zero-order chi connectivity index (χ0) is 39.4. The van der Waals surface area contributed by atoms with Crippen LogP contribution < -0.4 is 57.3 Å². The first-order chi connectivity index (χ1) is 28.4. The van der Waals surface area contributed by atoms with Crippen molar-refractivity contribution >= 4 is 52.7 Å². The van der Waals surface area contributed by atoms with Crippen LogP contribution in [0.1, 0.15) is 72.1 Å². The van der Waals surface area contributed by atoms with Gasteiger partial charge in [-0.3, -0.25) is 14.9 Å². The standard InChI is InChI=1S/C38H47N15O5/c39-23-6-1-2-7-24(23)46-37-49-30(28-32(54)42-19-57-34(28)51-37)44-21-10-12-22(13-11-21)53-16-17-56-27(18-53)45-25-8-3-4-9-26(25)47-38-50-31(48-36-40-14-5-15-41-36)29-33(55)43-20-58-35(29)52-38/h5,10-15,23-27,45H,1-4,6-9,16-20,39H2,(H,42,54)(H,43,55)(H2,44,46,49,51)(H2,40,41,47,48,50,52). The number of hydrogen-bond acceptors (Lipinski definition) is 18. The van der Waals surface area contributed by atoms with Crippen LogP contribution in [0.5, 0.6) is 11.8 Å². The van der Waals surface area contributed by atoms with E-state index < -0.39 is 0 Å².